The molecule has 0 aliphatic heterocycles. The molecule has 0 saturated heterocycles. The number of hydrogen-bond acceptors (Lipinski definition) is 3. The maximum absolute atomic E-state index is 12.8. The van der Waals surface area contributed by atoms with E-state index >= 15 is 0 Å². The summed E-state index contributed by atoms with van der Waals surface area (Å²) in [6.07, 6.45) is -1.00. The molecule has 3 nitrogen and oxygen atoms in total. The van der Waals surface area contributed by atoms with Crippen molar-refractivity contribution in [1.82, 2.24) is 5.32 Å². The number of carbonyl (C=O) groups is 1. The largest absolute Gasteiger partial charge is 0.384 e. The van der Waals surface area contributed by atoms with Gasteiger partial charge in [-0.1, -0.05) is 23.9 Å². The van der Waals surface area contributed by atoms with Gasteiger partial charge in [-0.05, 0) is 48.9 Å². The Morgan fingerprint density at radius 3 is 2.19 bits per heavy atom. The Morgan fingerprint density at radius 2 is 1.67 bits per heavy atom. The van der Waals surface area contributed by atoms with E-state index in [1.165, 1.54) is 19.1 Å². The van der Waals surface area contributed by atoms with Gasteiger partial charge in [0.25, 0.3) is 0 Å². The molecule has 21 heavy (non-hydrogen) atoms. The lowest BCUT2D eigenvalue weighted by atomic mass is 10.2. The van der Waals surface area contributed by atoms with E-state index in [1.807, 2.05) is 24.3 Å². The van der Waals surface area contributed by atoms with Gasteiger partial charge in [-0.25, -0.2) is 4.39 Å². The molecule has 0 aliphatic carbocycles. The van der Waals surface area contributed by atoms with Gasteiger partial charge in [0.2, 0.25) is 5.91 Å². The van der Waals surface area contributed by atoms with Crippen LogP contribution in [0.5, 0.6) is 0 Å². The minimum absolute atomic E-state index is 0.247. The van der Waals surface area contributed by atoms with Crippen LogP contribution >= 0.6 is 11.8 Å². The number of aliphatic hydroxyl groups excluding tert-OH is 1. The van der Waals surface area contributed by atoms with Gasteiger partial charge in [-0.15, -0.1) is 0 Å². The molecule has 0 fully saturated rings. The van der Waals surface area contributed by atoms with Crippen LogP contribution in [0.3, 0.4) is 0 Å². The quantitative estimate of drug-likeness (QED) is 0.893. The second-order valence-corrected chi connectivity index (χ2v) is 5.74. The Bertz CT molecular complexity index is 597. The van der Waals surface area contributed by atoms with Gasteiger partial charge in [0.05, 0.1) is 0 Å². The fourth-order valence-corrected chi connectivity index (χ4v) is 2.47. The standard InChI is InChI=1S/C16H16FNO2S/c1-11(19)16(20)18-10-12-2-6-14(7-3-12)21-15-8-4-13(17)5-9-15/h2-9,11,19H,10H2,1H3,(H,18,20). The number of benzene rings is 2. The highest BCUT2D eigenvalue weighted by molar-refractivity contribution is 7.99. The molecular weight excluding hydrogens is 289 g/mol. The van der Waals surface area contributed by atoms with Crippen molar-refractivity contribution in [2.24, 2.45) is 0 Å². The lowest BCUT2D eigenvalue weighted by Gasteiger charge is -2.08. The maximum atomic E-state index is 12.8. The summed E-state index contributed by atoms with van der Waals surface area (Å²) in [6.45, 7) is 1.81. The minimum atomic E-state index is -1.00. The Kier molecular flexibility index (Phi) is 5.36. The fraction of sp³-hybridized carbons (Fsp3) is 0.188. The maximum Gasteiger partial charge on any atom is 0.248 e. The van der Waals surface area contributed by atoms with Gasteiger partial charge in [0, 0.05) is 16.3 Å². The molecule has 0 aromatic heterocycles. The molecule has 0 aliphatic rings. The average Bonchev–Trinajstić information content (AvgIpc) is 2.48. The molecule has 2 aromatic rings. The molecule has 1 amide bonds. The third kappa shape index (κ3) is 4.88. The number of aliphatic hydroxyl groups is 1. The summed E-state index contributed by atoms with van der Waals surface area (Å²) in [5.41, 5.74) is 0.951. The van der Waals surface area contributed by atoms with Crippen molar-refractivity contribution in [1.29, 1.82) is 0 Å². The number of halogens is 1. The molecule has 1 unspecified atom stereocenters. The first-order valence-electron chi connectivity index (χ1n) is 6.53. The molecule has 1 atom stereocenters. The minimum Gasteiger partial charge on any atom is -0.384 e. The van der Waals surface area contributed by atoms with E-state index in [0.717, 1.165) is 15.4 Å². The van der Waals surface area contributed by atoms with Crippen LogP contribution in [-0.2, 0) is 11.3 Å². The number of rotatable bonds is 5. The van der Waals surface area contributed by atoms with Crippen molar-refractivity contribution in [3.05, 3.63) is 59.9 Å². The Morgan fingerprint density at radius 1 is 1.14 bits per heavy atom. The summed E-state index contributed by atoms with van der Waals surface area (Å²) in [4.78, 5) is 13.3. The molecule has 110 valence electrons. The predicted octanol–water partition coefficient (Wildman–Crippen LogP) is 2.97. The first-order valence-corrected chi connectivity index (χ1v) is 7.34. The van der Waals surface area contributed by atoms with Crippen LogP contribution in [-0.4, -0.2) is 17.1 Å². The lowest BCUT2D eigenvalue weighted by molar-refractivity contribution is -0.128. The molecule has 0 bridgehead atoms. The summed E-state index contributed by atoms with van der Waals surface area (Å²) >= 11 is 1.54. The fourth-order valence-electron chi connectivity index (χ4n) is 1.65. The molecule has 2 aromatic carbocycles. The summed E-state index contributed by atoms with van der Waals surface area (Å²) in [6, 6.07) is 14.0. The molecule has 0 heterocycles. The highest BCUT2D eigenvalue weighted by Crippen LogP contribution is 2.27. The van der Waals surface area contributed by atoms with E-state index in [1.54, 1.807) is 23.9 Å². The van der Waals surface area contributed by atoms with Gasteiger partial charge in [0.15, 0.2) is 0 Å². The third-order valence-corrected chi connectivity index (χ3v) is 3.83. The van der Waals surface area contributed by atoms with Crippen LogP contribution in [0.1, 0.15) is 12.5 Å². The highest BCUT2D eigenvalue weighted by atomic mass is 32.2. The summed E-state index contributed by atoms with van der Waals surface area (Å²) < 4.78 is 12.8. The van der Waals surface area contributed by atoms with Crippen LogP contribution in [0.15, 0.2) is 58.3 Å². The number of amides is 1. The smallest absolute Gasteiger partial charge is 0.248 e. The number of hydrogen-bond donors (Lipinski definition) is 2. The monoisotopic (exact) mass is 305 g/mol. The first-order chi connectivity index (χ1) is 10.0. The van der Waals surface area contributed by atoms with Gasteiger partial charge in [-0.2, -0.15) is 0 Å². The Hall–Kier alpha value is -1.85. The summed E-state index contributed by atoms with van der Waals surface area (Å²) in [5, 5.41) is 11.7. The van der Waals surface area contributed by atoms with Crippen molar-refractivity contribution in [2.45, 2.75) is 29.4 Å². The van der Waals surface area contributed by atoms with Crippen LogP contribution in [0.2, 0.25) is 0 Å². The van der Waals surface area contributed by atoms with Gasteiger partial charge in [0.1, 0.15) is 11.9 Å². The zero-order valence-corrected chi connectivity index (χ0v) is 12.4. The molecule has 0 radical (unpaired) electrons. The van der Waals surface area contributed by atoms with E-state index in [4.69, 9.17) is 5.11 Å². The van der Waals surface area contributed by atoms with Crippen molar-refractivity contribution in [3.63, 3.8) is 0 Å². The van der Waals surface area contributed by atoms with Crippen molar-refractivity contribution >= 4 is 17.7 Å². The first kappa shape index (κ1) is 15.5. The molecule has 0 spiro atoms. The van der Waals surface area contributed by atoms with Gasteiger partial charge < -0.3 is 10.4 Å². The van der Waals surface area contributed by atoms with Gasteiger partial charge in [-0.3, -0.25) is 4.79 Å². The lowest BCUT2D eigenvalue weighted by Crippen LogP contribution is -2.31. The number of carbonyl (C=O) groups excluding carboxylic acids is 1. The highest BCUT2D eigenvalue weighted by Gasteiger charge is 2.07. The van der Waals surface area contributed by atoms with E-state index in [2.05, 4.69) is 5.32 Å². The van der Waals surface area contributed by atoms with E-state index in [0.29, 0.717) is 6.54 Å². The second-order valence-electron chi connectivity index (χ2n) is 4.59. The van der Waals surface area contributed by atoms with E-state index < -0.39 is 6.10 Å². The molecule has 2 rings (SSSR count). The zero-order valence-electron chi connectivity index (χ0n) is 11.5. The van der Waals surface area contributed by atoms with E-state index in [9.17, 15) is 9.18 Å². The third-order valence-electron chi connectivity index (χ3n) is 2.82. The molecule has 5 heteroatoms. The molecular formula is C16H16FNO2S. The van der Waals surface area contributed by atoms with Gasteiger partial charge >= 0.3 is 0 Å². The van der Waals surface area contributed by atoms with Crippen LogP contribution < -0.4 is 5.32 Å². The van der Waals surface area contributed by atoms with Crippen molar-refractivity contribution < 1.29 is 14.3 Å². The van der Waals surface area contributed by atoms with Crippen LogP contribution in [0.4, 0.5) is 4.39 Å². The summed E-state index contributed by atoms with van der Waals surface area (Å²) in [7, 11) is 0. The Balaban J connectivity index is 1.92. The molecule has 2 N–H and O–H groups in total. The molecule has 0 saturated carbocycles. The summed E-state index contributed by atoms with van der Waals surface area (Å²) in [5.74, 6) is -0.636. The second kappa shape index (κ2) is 7.24. The topological polar surface area (TPSA) is 49.3 Å². The van der Waals surface area contributed by atoms with Crippen molar-refractivity contribution in [2.75, 3.05) is 0 Å². The predicted molar refractivity (Wildman–Crippen MR) is 80.5 cm³/mol. The van der Waals surface area contributed by atoms with Crippen molar-refractivity contribution in [3.8, 4) is 0 Å². The van der Waals surface area contributed by atoms with E-state index in [-0.39, 0.29) is 11.7 Å². The number of nitrogens with one attached hydrogen (secondary N) is 1. The zero-order chi connectivity index (χ0) is 15.2. The normalized spacial score (nSPS) is 12.0. The van der Waals surface area contributed by atoms with Crippen LogP contribution in [0, 0.1) is 5.82 Å². The SMILES string of the molecule is CC(O)C(=O)NCc1ccc(Sc2ccc(F)cc2)cc1. The Labute approximate surface area is 127 Å². The average molecular weight is 305 g/mol. The van der Waals surface area contributed by atoms with Crippen LogP contribution in [0.25, 0.3) is 0 Å².